The van der Waals surface area contributed by atoms with Crippen molar-refractivity contribution in [1.82, 2.24) is 0 Å². The molecule has 2 unspecified atom stereocenters. The minimum absolute atomic E-state index is 0.0817. The van der Waals surface area contributed by atoms with Gasteiger partial charge in [0.1, 0.15) is 6.04 Å². The molecule has 5 heteroatoms. The number of carbonyl (C=O) groups is 2. The summed E-state index contributed by atoms with van der Waals surface area (Å²) in [7, 11) is 0. The zero-order valence-electron chi connectivity index (χ0n) is 20.9. The predicted molar refractivity (Wildman–Crippen MR) is 137 cm³/mol. The van der Waals surface area contributed by atoms with Gasteiger partial charge in [0.15, 0.2) is 0 Å². The molecule has 0 saturated carbocycles. The van der Waals surface area contributed by atoms with Gasteiger partial charge in [-0.1, -0.05) is 94.3 Å². The van der Waals surface area contributed by atoms with Crippen molar-refractivity contribution in [2.45, 2.75) is 77.2 Å². The predicted octanol–water partition coefficient (Wildman–Crippen LogP) is 5.95. The zero-order chi connectivity index (χ0) is 25.0. The minimum atomic E-state index is -0.962. The van der Waals surface area contributed by atoms with E-state index in [1.54, 1.807) is 0 Å². The van der Waals surface area contributed by atoms with Crippen molar-refractivity contribution in [2.24, 2.45) is 17.6 Å². The number of carbonyl (C=O) groups excluding carboxylic acids is 1. The fourth-order valence-corrected chi connectivity index (χ4v) is 4.77. The number of ether oxygens (including phenoxy) is 1. The lowest BCUT2D eigenvalue weighted by Crippen LogP contribution is -2.34. The highest BCUT2D eigenvalue weighted by Crippen LogP contribution is 2.43. The molecular weight excluding hydrogens is 426 g/mol. The molecule has 0 saturated heterocycles. The average Bonchev–Trinajstić information content (AvgIpc) is 2.85. The standard InChI is InChI=1S/C29H41NO4/c1-4-11-23(17-16-22(2)20-21-34-28(33)26(30)18-19-27(31)32)29(3,24-12-7-5-8-13-24)25-14-9-6-10-15-25/h5-10,12-15,22-23,26H,4,11,16-21,30H2,1-3H3,(H,31,32)/t22?,23?,26-/m0/s1. The molecule has 0 heterocycles. The van der Waals surface area contributed by atoms with Gasteiger partial charge in [0.2, 0.25) is 0 Å². The van der Waals surface area contributed by atoms with Crippen molar-refractivity contribution in [2.75, 3.05) is 6.61 Å². The van der Waals surface area contributed by atoms with Gasteiger partial charge < -0.3 is 15.6 Å². The van der Waals surface area contributed by atoms with Gasteiger partial charge in [-0.3, -0.25) is 9.59 Å². The number of carboxylic acid groups (broad SMARTS) is 1. The van der Waals surface area contributed by atoms with Gasteiger partial charge in [-0.15, -0.1) is 0 Å². The van der Waals surface area contributed by atoms with Crippen LogP contribution in [-0.2, 0) is 19.7 Å². The van der Waals surface area contributed by atoms with E-state index >= 15 is 0 Å². The molecule has 2 aromatic carbocycles. The first-order chi connectivity index (χ1) is 16.3. The van der Waals surface area contributed by atoms with E-state index in [1.165, 1.54) is 11.1 Å². The third-order valence-corrected chi connectivity index (χ3v) is 7.04. The Morgan fingerprint density at radius 3 is 1.97 bits per heavy atom. The summed E-state index contributed by atoms with van der Waals surface area (Å²) in [5.74, 6) is -0.593. The highest BCUT2D eigenvalue weighted by Gasteiger charge is 2.36. The number of nitrogens with two attached hydrogens (primary N) is 1. The Kier molecular flexibility index (Phi) is 11.3. The third-order valence-electron chi connectivity index (χ3n) is 7.04. The molecule has 2 aromatic rings. The molecule has 3 atom stereocenters. The first-order valence-electron chi connectivity index (χ1n) is 12.5. The lowest BCUT2D eigenvalue weighted by atomic mass is 9.64. The van der Waals surface area contributed by atoms with E-state index < -0.39 is 18.0 Å². The van der Waals surface area contributed by atoms with Crippen molar-refractivity contribution in [3.05, 3.63) is 71.8 Å². The molecule has 0 fully saturated rings. The molecule has 0 amide bonds. The Bertz CT molecular complexity index is 829. The van der Waals surface area contributed by atoms with E-state index in [-0.39, 0.29) is 18.3 Å². The topological polar surface area (TPSA) is 89.6 Å². The number of benzene rings is 2. The fraction of sp³-hybridized carbons (Fsp3) is 0.517. The lowest BCUT2D eigenvalue weighted by Gasteiger charge is -2.40. The maximum absolute atomic E-state index is 12.0. The lowest BCUT2D eigenvalue weighted by molar-refractivity contribution is -0.146. The first kappa shape index (κ1) is 27.6. The minimum Gasteiger partial charge on any atom is -0.481 e. The summed E-state index contributed by atoms with van der Waals surface area (Å²) in [4.78, 5) is 22.6. The molecule has 0 spiro atoms. The van der Waals surface area contributed by atoms with E-state index in [0.29, 0.717) is 18.4 Å². The average molecular weight is 468 g/mol. The molecule has 5 nitrogen and oxygen atoms in total. The Balaban J connectivity index is 2.00. The van der Waals surface area contributed by atoms with E-state index in [0.717, 1.165) is 32.1 Å². The van der Waals surface area contributed by atoms with Crippen LogP contribution in [0.4, 0.5) is 0 Å². The monoisotopic (exact) mass is 467 g/mol. The number of hydrogen-bond donors (Lipinski definition) is 2. The summed E-state index contributed by atoms with van der Waals surface area (Å²) in [6, 6.07) is 20.7. The summed E-state index contributed by atoms with van der Waals surface area (Å²) in [6.07, 6.45) is 5.13. The molecule has 0 bridgehead atoms. The summed E-state index contributed by atoms with van der Waals surface area (Å²) >= 11 is 0. The smallest absolute Gasteiger partial charge is 0.322 e. The zero-order valence-corrected chi connectivity index (χ0v) is 20.9. The highest BCUT2D eigenvalue weighted by atomic mass is 16.5. The number of aliphatic carboxylic acids is 1. The fourth-order valence-electron chi connectivity index (χ4n) is 4.77. The van der Waals surface area contributed by atoms with E-state index in [9.17, 15) is 9.59 Å². The maximum atomic E-state index is 12.0. The Morgan fingerprint density at radius 2 is 1.47 bits per heavy atom. The van der Waals surface area contributed by atoms with Crippen LogP contribution in [0.15, 0.2) is 60.7 Å². The van der Waals surface area contributed by atoms with Crippen LogP contribution in [0.5, 0.6) is 0 Å². The van der Waals surface area contributed by atoms with Crippen molar-refractivity contribution in [3.8, 4) is 0 Å². The van der Waals surface area contributed by atoms with Crippen LogP contribution in [0.25, 0.3) is 0 Å². The molecule has 0 aliphatic heterocycles. The molecule has 0 aliphatic rings. The van der Waals surface area contributed by atoms with Crippen molar-refractivity contribution in [1.29, 1.82) is 0 Å². The molecule has 3 N–H and O–H groups in total. The second kappa shape index (κ2) is 13.9. The Morgan fingerprint density at radius 1 is 0.912 bits per heavy atom. The van der Waals surface area contributed by atoms with Gasteiger partial charge in [0.25, 0.3) is 0 Å². The number of carboxylic acids is 1. The van der Waals surface area contributed by atoms with E-state index in [4.69, 9.17) is 15.6 Å². The summed E-state index contributed by atoms with van der Waals surface area (Å²) in [5.41, 5.74) is 8.34. The molecule has 2 rings (SSSR count). The second-order valence-corrected chi connectivity index (χ2v) is 9.60. The number of esters is 1. The largest absolute Gasteiger partial charge is 0.481 e. The van der Waals surface area contributed by atoms with Crippen molar-refractivity contribution < 1.29 is 19.4 Å². The molecule has 34 heavy (non-hydrogen) atoms. The van der Waals surface area contributed by atoms with E-state index in [2.05, 4.69) is 81.4 Å². The van der Waals surface area contributed by atoms with Gasteiger partial charge in [-0.2, -0.15) is 0 Å². The quantitative estimate of drug-likeness (QED) is 0.316. The van der Waals surface area contributed by atoms with Crippen molar-refractivity contribution >= 4 is 11.9 Å². The van der Waals surface area contributed by atoms with E-state index in [1.807, 2.05) is 0 Å². The summed E-state index contributed by atoms with van der Waals surface area (Å²) in [5, 5.41) is 8.73. The number of hydrogen-bond acceptors (Lipinski definition) is 4. The Hall–Kier alpha value is -2.66. The van der Waals surface area contributed by atoms with Gasteiger partial charge in [0.05, 0.1) is 6.61 Å². The van der Waals surface area contributed by atoms with Crippen LogP contribution in [0.1, 0.15) is 76.8 Å². The van der Waals surface area contributed by atoms with Gasteiger partial charge in [0, 0.05) is 11.8 Å². The van der Waals surface area contributed by atoms with Crippen molar-refractivity contribution in [3.63, 3.8) is 0 Å². The van der Waals surface area contributed by atoms with Crippen LogP contribution >= 0.6 is 0 Å². The summed E-state index contributed by atoms with van der Waals surface area (Å²) < 4.78 is 5.31. The Labute approximate surface area is 204 Å². The summed E-state index contributed by atoms with van der Waals surface area (Å²) in [6.45, 7) is 7.14. The highest BCUT2D eigenvalue weighted by molar-refractivity contribution is 5.76. The van der Waals surface area contributed by atoms with Gasteiger partial charge in [-0.05, 0) is 48.6 Å². The normalized spacial score (nSPS) is 14.2. The molecule has 186 valence electrons. The third kappa shape index (κ3) is 7.98. The first-order valence-corrected chi connectivity index (χ1v) is 12.5. The number of rotatable bonds is 15. The van der Waals surface area contributed by atoms with Crippen LogP contribution in [0, 0.1) is 11.8 Å². The molecular formula is C29H41NO4. The molecule has 0 radical (unpaired) electrons. The van der Waals surface area contributed by atoms with Gasteiger partial charge >= 0.3 is 11.9 Å². The molecule has 0 aliphatic carbocycles. The SMILES string of the molecule is CCCC(CCC(C)CCOC(=O)[C@@H](N)CCC(=O)O)C(C)(c1ccccc1)c1ccccc1. The van der Waals surface area contributed by atoms with Crippen LogP contribution in [-0.4, -0.2) is 29.7 Å². The second-order valence-electron chi connectivity index (χ2n) is 9.60. The van der Waals surface area contributed by atoms with Crippen LogP contribution in [0.3, 0.4) is 0 Å². The van der Waals surface area contributed by atoms with Crippen LogP contribution in [0.2, 0.25) is 0 Å². The van der Waals surface area contributed by atoms with Gasteiger partial charge in [-0.25, -0.2) is 0 Å². The van der Waals surface area contributed by atoms with Crippen LogP contribution < -0.4 is 5.73 Å². The molecule has 0 aromatic heterocycles. The maximum Gasteiger partial charge on any atom is 0.322 e.